The van der Waals surface area contributed by atoms with Crippen molar-refractivity contribution < 1.29 is 44.3 Å². The number of nitrogens with one attached hydrogen (secondary N) is 1. The van der Waals surface area contributed by atoms with Gasteiger partial charge in [-0.25, -0.2) is 4.99 Å². The zero-order chi connectivity index (χ0) is 14.0. The van der Waals surface area contributed by atoms with E-state index in [0.29, 0.717) is 12.0 Å². The molecule has 100 valence electrons. The van der Waals surface area contributed by atoms with Crippen molar-refractivity contribution in [1.82, 2.24) is 5.32 Å². The minimum atomic E-state index is -1.39. The van der Waals surface area contributed by atoms with Crippen LogP contribution in [-0.4, -0.2) is 17.8 Å². The van der Waals surface area contributed by atoms with Crippen molar-refractivity contribution in [2.45, 2.75) is 25.7 Å². The molecule has 0 aliphatic carbocycles. The maximum absolute atomic E-state index is 12.3. The standard InChI is InChI=1S/C14H16N2O3.Na/c1-9(2)8-14(10-6-4-3-5-7-10)11(17)15-13(19)16-12(14)18;/h3-7,9H,8H2,1-2H3,(H2,15,16,17,18,19);/q;+1/p-1. The van der Waals surface area contributed by atoms with Gasteiger partial charge in [-0.05, 0) is 17.9 Å². The zero-order valence-corrected chi connectivity index (χ0v) is 13.8. The maximum Gasteiger partial charge on any atom is 1.00 e. The largest absolute Gasteiger partial charge is 1.00 e. The Balaban J connectivity index is 0.00000200. The number of amidine groups is 1. The number of amides is 2. The monoisotopic (exact) mass is 282 g/mol. The summed E-state index contributed by atoms with van der Waals surface area (Å²) in [5.74, 6) is -1.16. The molecular formula is C14H15N2NaO3. The summed E-state index contributed by atoms with van der Waals surface area (Å²) in [5, 5.41) is 13.3. The van der Waals surface area contributed by atoms with Crippen molar-refractivity contribution in [3.63, 3.8) is 0 Å². The summed E-state index contributed by atoms with van der Waals surface area (Å²) in [4.78, 5) is 27.9. The molecule has 1 unspecified atom stereocenters. The van der Waals surface area contributed by atoms with Gasteiger partial charge in [-0.15, -0.1) is 0 Å². The third kappa shape index (κ3) is 2.95. The van der Waals surface area contributed by atoms with Gasteiger partial charge in [-0.2, -0.15) is 0 Å². The Bertz CT molecular complexity index is 543. The van der Waals surface area contributed by atoms with Crippen LogP contribution in [0.3, 0.4) is 0 Å². The summed E-state index contributed by atoms with van der Waals surface area (Å²) in [5.41, 5.74) is -0.814. The Hall–Kier alpha value is -1.17. The van der Waals surface area contributed by atoms with Gasteiger partial charge in [0.1, 0.15) is 0 Å². The van der Waals surface area contributed by atoms with E-state index in [9.17, 15) is 14.7 Å². The van der Waals surface area contributed by atoms with Gasteiger partial charge in [0, 0.05) is 0 Å². The van der Waals surface area contributed by atoms with Crippen LogP contribution in [0.4, 0.5) is 0 Å². The molecule has 0 bridgehead atoms. The number of nitrogens with zero attached hydrogens (tertiary/aromatic N) is 1. The maximum atomic E-state index is 12.3. The normalized spacial score (nSPS) is 22.1. The van der Waals surface area contributed by atoms with Crippen LogP contribution in [0.1, 0.15) is 25.8 Å². The molecule has 5 nitrogen and oxygen atoms in total. The summed E-state index contributed by atoms with van der Waals surface area (Å²) >= 11 is 0. The van der Waals surface area contributed by atoms with Crippen molar-refractivity contribution in [2.75, 3.05) is 0 Å². The van der Waals surface area contributed by atoms with Crippen LogP contribution in [0.2, 0.25) is 0 Å². The zero-order valence-electron chi connectivity index (χ0n) is 11.8. The first-order chi connectivity index (χ1) is 8.96. The number of rotatable bonds is 3. The summed E-state index contributed by atoms with van der Waals surface area (Å²) < 4.78 is 0. The Morgan fingerprint density at radius 2 is 1.85 bits per heavy atom. The van der Waals surface area contributed by atoms with E-state index in [1.54, 1.807) is 30.3 Å². The van der Waals surface area contributed by atoms with Crippen LogP contribution in [-0.2, 0) is 15.0 Å². The minimum Gasteiger partial charge on any atom is -0.846 e. The third-order valence-corrected chi connectivity index (χ3v) is 3.16. The molecule has 1 aliphatic heterocycles. The van der Waals surface area contributed by atoms with Gasteiger partial charge in [-0.1, -0.05) is 44.2 Å². The molecule has 1 aromatic rings. The number of carbonyl (C=O) groups is 2. The van der Waals surface area contributed by atoms with Gasteiger partial charge in [0.2, 0.25) is 5.91 Å². The quantitative estimate of drug-likeness (QED) is 0.485. The van der Waals surface area contributed by atoms with Gasteiger partial charge in [0.05, 0.1) is 6.02 Å². The Morgan fingerprint density at radius 1 is 1.25 bits per heavy atom. The Kier molecular flexibility index (Phi) is 5.50. The number of hydrogen-bond acceptors (Lipinski definition) is 3. The number of carbonyl (C=O) groups excluding carboxylic acids is 2. The second-order valence-corrected chi connectivity index (χ2v) is 5.05. The number of aliphatic imine (C=N–C) groups is 1. The van der Waals surface area contributed by atoms with Crippen molar-refractivity contribution in [2.24, 2.45) is 10.9 Å². The molecule has 1 aliphatic rings. The fourth-order valence-corrected chi connectivity index (χ4v) is 2.40. The van der Waals surface area contributed by atoms with Crippen LogP contribution < -0.4 is 40.0 Å². The average molecular weight is 282 g/mol. The summed E-state index contributed by atoms with van der Waals surface area (Å²) in [6.07, 6.45) is 0.318. The molecule has 20 heavy (non-hydrogen) atoms. The smallest absolute Gasteiger partial charge is 0.846 e. The number of hydrogen-bond donors (Lipinski definition) is 1. The van der Waals surface area contributed by atoms with Gasteiger partial charge >= 0.3 is 29.6 Å². The van der Waals surface area contributed by atoms with Crippen molar-refractivity contribution in [3.8, 4) is 0 Å². The van der Waals surface area contributed by atoms with Crippen LogP contribution in [0, 0.1) is 5.92 Å². The van der Waals surface area contributed by atoms with Crippen molar-refractivity contribution in [1.29, 1.82) is 0 Å². The summed E-state index contributed by atoms with van der Waals surface area (Å²) in [6, 6.07) is 7.87. The molecular weight excluding hydrogens is 267 g/mol. The van der Waals surface area contributed by atoms with Gasteiger partial charge in [-0.3, -0.25) is 9.59 Å². The molecule has 0 radical (unpaired) electrons. The van der Waals surface area contributed by atoms with Gasteiger partial charge < -0.3 is 10.4 Å². The molecule has 0 fully saturated rings. The van der Waals surface area contributed by atoms with E-state index in [4.69, 9.17) is 0 Å². The molecule has 1 heterocycles. The molecule has 2 amide bonds. The SMILES string of the molecule is CC(C)CC1(c2ccccc2)C(=O)N=C([O-])NC1=O.[Na+]. The fourth-order valence-electron chi connectivity index (χ4n) is 2.40. The van der Waals surface area contributed by atoms with E-state index in [-0.39, 0.29) is 35.5 Å². The minimum absolute atomic E-state index is 0. The summed E-state index contributed by atoms with van der Waals surface area (Å²) in [7, 11) is 0. The van der Waals surface area contributed by atoms with Crippen LogP contribution in [0.15, 0.2) is 35.3 Å². The molecule has 6 heteroatoms. The fraction of sp³-hybridized carbons (Fsp3) is 0.357. The average Bonchev–Trinajstić information content (AvgIpc) is 2.34. The van der Waals surface area contributed by atoms with Crippen molar-refractivity contribution >= 4 is 17.8 Å². The predicted molar refractivity (Wildman–Crippen MR) is 68.2 cm³/mol. The predicted octanol–water partition coefficient (Wildman–Crippen LogP) is -2.65. The second-order valence-electron chi connectivity index (χ2n) is 5.05. The molecule has 0 saturated heterocycles. The van der Waals surface area contributed by atoms with Crippen LogP contribution in [0.5, 0.6) is 0 Å². The van der Waals surface area contributed by atoms with Crippen molar-refractivity contribution in [3.05, 3.63) is 35.9 Å². The Morgan fingerprint density at radius 3 is 2.35 bits per heavy atom. The van der Waals surface area contributed by atoms with E-state index in [2.05, 4.69) is 10.3 Å². The first-order valence-corrected chi connectivity index (χ1v) is 6.14. The van der Waals surface area contributed by atoms with Gasteiger partial charge in [0.25, 0.3) is 5.91 Å². The Labute approximate surface area is 139 Å². The molecule has 0 saturated carbocycles. The van der Waals surface area contributed by atoms with Crippen LogP contribution >= 0.6 is 0 Å². The third-order valence-electron chi connectivity index (χ3n) is 3.16. The van der Waals surface area contributed by atoms with Crippen LogP contribution in [0.25, 0.3) is 0 Å². The second kappa shape index (κ2) is 6.52. The first-order valence-electron chi connectivity index (χ1n) is 6.14. The van der Waals surface area contributed by atoms with E-state index in [1.165, 1.54) is 0 Å². The van der Waals surface area contributed by atoms with E-state index < -0.39 is 23.3 Å². The first kappa shape index (κ1) is 16.9. The van der Waals surface area contributed by atoms with E-state index >= 15 is 0 Å². The molecule has 0 aromatic heterocycles. The molecule has 2 rings (SSSR count). The molecule has 1 atom stereocenters. The topological polar surface area (TPSA) is 81.6 Å². The number of benzene rings is 1. The molecule has 0 spiro atoms. The van der Waals surface area contributed by atoms with E-state index in [1.807, 2.05) is 13.8 Å². The van der Waals surface area contributed by atoms with Gasteiger partial charge in [0.15, 0.2) is 5.41 Å². The molecule has 1 aromatic carbocycles. The summed E-state index contributed by atoms with van der Waals surface area (Å²) in [6.45, 7) is 3.84. The molecule has 1 N–H and O–H groups in total. The van der Waals surface area contributed by atoms with E-state index in [0.717, 1.165) is 0 Å².